The van der Waals surface area contributed by atoms with Crippen LogP contribution in [0.4, 0.5) is 24.5 Å². The quantitative estimate of drug-likeness (QED) is 0.804. The number of nitrogens with zero attached hydrogens (tertiary/aromatic N) is 1. The van der Waals surface area contributed by atoms with Crippen molar-refractivity contribution < 1.29 is 18.0 Å². The Balaban J connectivity index is 0.00000225. The van der Waals surface area contributed by atoms with E-state index in [1.807, 2.05) is 12.1 Å². The molecular weight excluding hydrogens is 353 g/mol. The average Bonchev–Trinajstić information content (AvgIpc) is 2.54. The van der Waals surface area contributed by atoms with Crippen molar-refractivity contribution in [2.24, 2.45) is 0 Å². The van der Waals surface area contributed by atoms with E-state index in [2.05, 4.69) is 0 Å². The Morgan fingerprint density at radius 2 is 1.80 bits per heavy atom. The molecule has 3 rings (SSSR count). The maximum absolute atomic E-state index is 12.6. The molecule has 1 aliphatic heterocycles. The molecule has 3 nitrogen and oxygen atoms in total. The number of rotatable bonds is 2. The number of benzene rings is 2. The molecule has 0 fully saturated rings. The van der Waals surface area contributed by atoms with Gasteiger partial charge in [0.2, 0.25) is 5.91 Å². The van der Waals surface area contributed by atoms with Crippen LogP contribution in [0.3, 0.4) is 0 Å². The molecule has 0 spiro atoms. The van der Waals surface area contributed by atoms with Crippen LogP contribution in [0, 0.1) is 0 Å². The standard InChI is InChI=1S/C18H17F3N2O.ClH/c19-18(20,21)13-8-6-12(7-9-13)11-17(24)23-10-2-3-14-15(22)4-1-5-16(14)23;/h1,4-9H,2-3,10-11,22H2;1H. The van der Waals surface area contributed by atoms with E-state index in [0.717, 1.165) is 36.2 Å². The number of nitrogen functional groups attached to an aromatic ring is 1. The van der Waals surface area contributed by atoms with Crippen LogP contribution >= 0.6 is 12.4 Å². The van der Waals surface area contributed by atoms with Crippen molar-refractivity contribution in [3.8, 4) is 0 Å². The molecule has 1 heterocycles. The van der Waals surface area contributed by atoms with Crippen LogP contribution < -0.4 is 10.6 Å². The lowest BCUT2D eigenvalue weighted by Crippen LogP contribution is -2.36. The summed E-state index contributed by atoms with van der Waals surface area (Å²) in [4.78, 5) is 14.3. The van der Waals surface area contributed by atoms with E-state index in [4.69, 9.17) is 5.73 Å². The summed E-state index contributed by atoms with van der Waals surface area (Å²) < 4.78 is 37.8. The molecule has 0 atom stereocenters. The van der Waals surface area contributed by atoms with Crippen molar-refractivity contribution in [2.45, 2.75) is 25.4 Å². The van der Waals surface area contributed by atoms with Crippen LogP contribution in [0.1, 0.15) is 23.1 Å². The van der Waals surface area contributed by atoms with Gasteiger partial charge in [0.05, 0.1) is 12.0 Å². The Bertz CT molecular complexity index is 760. The third-order valence-corrected chi connectivity index (χ3v) is 4.22. The van der Waals surface area contributed by atoms with Gasteiger partial charge in [-0.3, -0.25) is 4.79 Å². The van der Waals surface area contributed by atoms with E-state index in [9.17, 15) is 18.0 Å². The summed E-state index contributed by atoms with van der Waals surface area (Å²) in [6.07, 6.45) is -2.66. The lowest BCUT2D eigenvalue weighted by Gasteiger charge is -2.30. The van der Waals surface area contributed by atoms with Gasteiger partial charge in [-0.1, -0.05) is 18.2 Å². The number of nitrogens with two attached hydrogens (primary N) is 1. The van der Waals surface area contributed by atoms with Gasteiger partial charge in [0.1, 0.15) is 0 Å². The molecule has 25 heavy (non-hydrogen) atoms. The molecule has 2 aromatic rings. The number of anilines is 2. The van der Waals surface area contributed by atoms with Gasteiger partial charge in [-0.05, 0) is 48.2 Å². The number of carbonyl (C=O) groups excluding carboxylic acids is 1. The summed E-state index contributed by atoms with van der Waals surface area (Å²) in [7, 11) is 0. The summed E-state index contributed by atoms with van der Waals surface area (Å²) in [5.74, 6) is -0.138. The molecule has 0 unspecified atom stereocenters. The molecular formula is C18H18ClF3N2O. The maximum atomic E-state index is 12.6. The predicted octanol–water partition coefficient (Wildman–Crippen LogP) is 4.23. The summed E-state index contributed by atoms with van der Waals surface area (Å²) >= 11 is 0. The van der Waals surface area contributed by atoms with Gasteiger partial charge < -0.3 is 10.6 Å². The number of alkyl halides is 3. The van der Waals surface area contributed by atoms with E-state index in [-0.39, 0.29) is 24.7 Å². The highest BCUT2D eigenvalue weighted by Gasteiger charge is 2.30. The zero-order valence-electron chi connectivity index (χ0n) is 13.3. The minimum absolute atomic E-state index is 0. The molecule has 2 aromatic carbocycles. The Labute approximate surface area is 150 Å². The van der Waals surface area contributed by atoms with E-state index >= 15 is 0 Å². The second kappa shape index (κ2) is 7.35. The first-order valence-corrected chi connectivity index (χ1v) is 7.70. The van der Waals surface area contributed by atoms with Crippen molar-refractivity contribution in [3.63, 3.8) is 0 Å². The summed E-state index contributed by atoms with van der Waals surface area (Å²) in [6, 6.07) is 10.2. The smallest absolute Gasteiger partial charge is 0.398 e. The molecule has 0 saturated carbocycles. The zero-order chi connectivity index (χ0) is 17.3. The Hall–Kier alpha value is -2.21. The highest BCUT2D eigenvalue weighted by atomic mass is 35.5. The van der Waals surface area contributed by atoms with Crippen molar-refractivity contribution in [3.05, 3.63) is 59.2 Å². The van der Waals surface area contributed by atoms with Gasteiger partial charge >= 0.3 is 6.18 Å². The highest BCUT2D eigenvalue weighted by Crippen LogP contribution is 2.32. The van der Waals surface area contributed by atoms with Gasteiger partial charge in [0.25, 0.3) is 0 Å². The molecule has 134 valence electrons. The van der Waals surface area contributed by atoms with Gasteiger partial charge in [0, 0.05) is 17.9 Å². The van der Waals surface area contributed by atoms with E-state index < -0.39 is 11.7 Å². The van der Waals surface area contributed by atoms with Crippen LogP contribution in [-0.4, -0.2) is 12.5 Å². The Morgan fingerprint density at radius 1 is 1.12 bits per heavy atom. The SMILES string of the molecule is Cl.Nc1cccc2c1CCCN2C(=O)Cc1ccc(C(F)(F)F)cc1. The van der Waals surface area contributed by atoms with Crippen LogP contribution in [0.5, 0.6) is 0 Å². The minimum atomic E-state index is -4.37. The number of halogens is 4. The molecule has 0 aliphatic carbocycles. The summed E-state index contributed by atoms with van der Waals surface area (Å²) in [6.45, 7) is 0.593. The maximum Gasteiger partial charge on any atom is 0.416 e. The molecule has 1 aliphatic rings. The number of fused-ring (bicyclic) bond motifs is 1. The fourth-order valence-electron chi connectivity index (χ4n) is 2.99. The van der Waals surface area contributed by atoms with Crippen LogP contribution in [0.25, 0.3) is 0 Å². The van der Waals surface area contributed by atoms with Gasteiger partial charge in [-0.2, -0.15) is 13.2 Å². The first-order valence-electron chi connectivity index (χ1n) is 7.70. The largest absolute Gasteiger partial charge is 0.416 e. The normalized spacial score (nSPS) is 13.8. The first-order chi connectivity index (χ1) is 11.4. The molecule has 7 heteroatoms. The molecule has 1 amide bonds. The second-order valence-electron chi connectivity index (χ2n) is 5.87. The van der Waals surface area contributed by atoms with Crippen molar-refractivity contribution in [1.29, 1.82) is 0 Å². The van der Waals surface area contributed by atoms with E-state index in [1.54, 1.807) is 11.0 Å². The predicted molar refractivity (Wildman–Crippen MR) is 93.9 cm³/mol. The summed E-state index contributed by atoms with van der Waals surface area (Å²) in [5.41, 5.74) is 8.25. The van der Waals surface area contributed by atoms with Crippen LogP contribution in [0.2, 0.25) is 0 Å². The van der Waals surface area contributed by atoms with E-state index in [0.29, 0.717) is 17.8 Å². The van der Waals surface area contributed by atoms with Crippen LogP contribution in [0.15, 0.2) is 42.5 Å². The van der Waals surface area contributed by atoms with Crippen molar-refractivity contribution >= 4 is 29.7 Å². The zero-order valence-corrected chi connectivity index (χ0v) is 14.2. The van der Waals surface area contributed by atoms with Gasteiger partial charge in [-0.25, -0.2) is 0 Å². The van der Waals surface area contributed by atoms with E-state index in [1.165, 1.54) is 12.1 Å². The number of amides is 1. The highest BCUT2D eigenvalue weighted by molar-refractivity contribution is 5.96. The van der Waals surface area contributed by atoms with Gasteiger partial charge in [0.15, 0.2) is 0 Å². The molecule has 2 N–H and O–H groups in total. The topological polar surface area (TPSA) is 46.3 Å². The molecule has 0 bridgehead atoms. The Kier molecular flexibility index (Phi) is 5.62. The third kappa shape index (κ3) is 4.07. The van der Waals surface area contributed by atoms with Crippen molar-refractivity contribution in [2.75, 3.05) is 17.2 Å². The minimum Gasteiger partial charge on any atom is -0.398 e. The lowest BCUT2D eigenvalue weighted by molar-refractivity contribution is -0.137. The number of hydrogen-bond acceptors (Lipinski definition) is 2. The average molecular weight is 371 g/mol. The molecule has 0 aromatic heterocycles. The monoisotopic (exact) mass is 370 g/mol. The first kappa shape index (κ1) is 19.1. The van der Waals surface area contributed by atoms with Crippen molar-refractivity contribution in [1.82, 2.24) is 0 Å². The van der Waals surface area contributed by atoms with Crippen LogP contribution in [-0.2, 0) is 23.8 Å². The number of hydrogen-bond donors (Lipinski definition) is 1. The molecule has 0 radical (unpaired) electrons. The summed E-state index contributed by atoms with van der Waals surface area (Å²) in [5, 5.41) is 0. The fourth-order valence-corrected chi connectivity index (χ4v) is 2.99. The van der Waals surface area contributed by atoms with Gasteiger partial charge in [-0.15, -0.1) is 12.4 Å². The number of carbonyl (C=O) groups is 1. The second-order valence-corrected chi connectivity index (χ2v) is 5.87. The molecule has 0 saturated heterocycles. The Morgan fingerprint density at radius 3 is 2.44 bits per heavy atom. The lowest BCUT2D eigenvalue weighted by atomic mass is 9.99. The third-order valence-electron chi connectivity index (χ3n) is 4.22. The fraction of sp³-hybridized carbons (Fsp3) is 0.278.